The molecule has 0 aromatic carbocycles. The molecule has 3 N–H and O–H groups in total. The highest BCUT2D eigenvalue weighted by Crippen LogP contribution is 2.51. The summed E-state index contributed by atoms with van der Waals surface area (Å²) in [5.41, 5.74) is 10.8. The smallest absolute Gasteiger partial charge is 0.313 e. The summed E-state index contributed by atoms with van der Waals surface area (Å²) < 4.78 is 40.7. The highest BCUT2D eigenvalue weighted by atomic mass is 32.2. The molecule has 13 heteroatoms. The molecular weight excluding hydrogens is 635 g/mol. The first-order valence-electron chi connectivity index (χ1n) is 16.3. The van der Waals surface area contributed by atoms with Gasteiger partial charge in [-0.05, 0) is 79.5 Å². The topological polar surface area (TPSA) is 159 Å². The number of nitrogens with one attached hydrogen (secondary N) is 1. The number of thiophene rings is 1. The Morgan fingerprint density at radius 2 is 1.94 bits per heavy atom. The first-order chi connectivity index (χ1) is 22.8. The molecule has 2 atom stereocenters. The second kappa shape index (κ2) is 11.9. The fourth-order valence-corrected chi connectivity index (χ4v) is 10.8. The second-order valence-corrected chi connectivity index (χ2v) is 16.2. The number of fused-ring (bicyclic) bond motifs is 3. The molecule has 0 saturated carbocycles. The standard InChI is InChI=1S/C34H37N7O4S2/c1-18(2)22-17-47(42,43)31-28(27(33-40-41-34(35)45-33)25(38-29(22)31)6-5-19-10-14-44-15-11-19)26-16-20-9-13-37-32(30(20)46-26)39-24-8-7-23-21(24)4-3-12-36-23/h3-4,9,12-13,16,18-19,22,24H,5-8,10-11,14-15,17H2,1-2H3,(H2,35,41)(H,37,39)/t22-,24?/m0/s1. The molecule has 2 aliphatic heterocycles. The van der Waals surface area contributed by atoms with Gasteiger partial charge in [0.05, 0.1) is 38.3 Å². The minimum absolute atomic E-state index is 0.0171. The van der Waals surface area contributed by atoms with Gasteiger partial charge >= 0.3 is 6.01 Å². The number of hydrogen-bond acceptors (Lipinski definition) is 12. The predicted octanol–water partition coefficient (Wildman–Crippen LogP) is 6.37. The number of nitrogens with two attached hydrogens (primary N) is 1. The number of aryl methyl sites for hydroxylation is 2. The molecule has 0 amide bonds. The lowest BCUT2D eigenvalue weighted by Gasteiger charge is -2.23. The maximum Gasteiger partial charge on any atom is 0.313 e. The van der Waals surface area contributed by atoms with Crippen molar-refractivity contribution in [2.24, 2.45) is 11.8 Å². The van der Waals surface area contributed by atoms with Gasteiger partial charge in [0.1, 0.15) is 5.82 Å². The molecule has 5 aromatic heterocycles. The van der Waals surface area contributed by atoms with Crippen molar-refractivity contribution < 1.29 is 17.6 Å². The quantitative estimate of drug-likeness (QED) is 0.189. The number of nitrogens with zero attached hydrogens (tertiary/aromatic N) is 5. The number of pyridine rings is 3. The summed E-state index contributed by atoms with van der Waals surface area (Å²) in [4.78, 5) is 15.5. The Morgan fingerprint density at radius 3 is 2.72 bits per heavy atom. The number of aromatic nitrogens is 5. The molecule has 0 radical (unpaired) electrons. The van der Waals surface area contributed by atoms with Crippen molar-refractivity contribution in [1.82, 2.24) is 25.1 Å². The molecule has 3 aliphatic rings. The van der Waals surface area contributed by atoms with Crippen molar-refractivity contribution in [1.29, 1.82) is 0 Å². The molecule has 1 saturated heterocycles. The number of ether oxygens (including phenoxy) is 1. The van der Waals surface area contributed by atoms with E-state index >= 15 is 0 Å². The van der Waals surface area contributed by atoms with E-state index in [1.807, 2.05) is 18.3 Å². The lowest BCUT2D eigenvalue weighted by atomic mass is 9.89. The van der Waals surface area contributed by atoms with Gasteiger partial charge in [-0.25, -0.2) is 13.4 Å². The van der Waals surface area contributed by atoms with Crippen LogP contribution >= 0.6 is 11.3 Å². The molecule has 47 heavy (non-hydrogen) atoms. The van der Waals surface area contributed by atoms with Crippen LogP contribution in [0.3, 0.4) is 0 Å². The molecule has 11 nitrogen and oxygen atoms in total. The molecular formula is C34H37N7O4S2. The highest BCUT2D eigenvalue weighted by Gasteiger charge is 2.43. The van der Waals surface area contributed by atoms with E-state index in [0.29, 0.717) is 29.2 Å². The average Bonchev–Trinajstić information content (AvgIpc) is 3.85. The molecule has 1 aliphatic carbocycles. The van der Waals surface area contributed by atoms with E-state index in [9.17, 15) is 8.42 Å². The predicted molar refractivity (Wildman–Crippen MR) is 181 cm³/mol. The third-order valence-electron chi connectivity index (χ3n) is 9.87. The monoisotopic (exact) mass is 671 g/mol. The van der Waals surface area contributed by atoms with Gasteiger partial charge in [0.15, 0.2) is 9.84 Å². The van der Waals surface area contributed by atoms with E-state index < -0.39 is 9.84 Å². The minimum Gasteiger partial charge on any atom is -0.403 e. The fourth-order valence-electron chi connectivity index (χ4n) is 7.39. The lowest BCUT2D eigenvalue weighted by Crippen LogP contribution is -2.17. The molecule has 0 bridgehead atoms. The second-order valence-electron chi connectivity index (χ2n) is 13.2. The van der Waals surface area contributed by atoms with Gasteiger partial charge in [-0.1, -0.05) is 25.0 Å². The van der Waals surface area contributed by atoms with Gasteiger partial charge < -0.3 is 20.2 Å². The van der Waals surface area contributed by atoms with Crippen molar-refractivity contribution in [2.75, 3.05) is 30.0 Å². The van der Waals surface area contributed by atoms with Gasteiger partial charge in [0, 0.05) is 47.7 Å². The summed E-state index contributed by atoms with van der Waals surface area (Å²) in [6, 6.07) is 8.12. The van der Waals surface area contributed by atoms with Crippen LogP contribution in [0.15, 0.2) is 46.0 Å². The Hall–Kier alpha value is -3.94. The Morgan fingerprint density at radius 1 is 1.09 bits per heavy atom. The van der Waals surface area contributed by atoms with Gasteiger partial charge in [-0.15, -0.1) is 16.4 Å². The number of sulfone groups is 1. The zero-order chi connectivity index (χ0) is 32.3. The van der Waals surface area contributed by atoms with Crippen LogP contribution in [0.5, 0.6) is 0 Å². The number of nitrogen functional groups attached to an aromatic ring is 1. The first kappa shape index (κ1) is 30.4. The van der Waals surface area contributed by atoms with Crippen molar-refractivity contribution >= 4 is 43.1 Å². The van der Waals surface area contributed by atoms with Crippen LogP contribution in [0.25, 0.3) is 32.0 Å². The number of rotatable bonds is 8. The summed E-state index contributed by atoms with van der Waals surface area (Å²) in [6.45, 7) is 5.63. The third kappa shape index (κ3) is 5.47. The van der Waals surface area contributed by atoms with Crippen LogP contribution in [-0.4, -0.2) is 52.5 Å². The summed E-state index contributed by atoms with van der Waals surface area (Å²) in [5.74, 6) is 1.32. The Bertz CT molecular complexity index is 2090. The summed E-state index contributed by atoms with van der Waals surface area (Å²) >= 11 is 1.52. The molecule has 5 aromatic rings. The van der Waals surface area contributed by atoms with Gasteiger partial charge in [0.25, 0.3) is 5.89 Å². The molecule has 7 heterocycles. The van der Waals surface area contributed by atoms with Crippen LogP contribution in [0.1, 0.15) is 74.1 Å². The van der Waals surface area contributed by atoms with E-state index in [2.05, 4.69) is 46.5 Å². The van der Waals surface area contributed by atoms with Crippen molar-refractivity contribution in [3.8, 4) is 21.9 Å². The summed E-state index contributed by atoms with van der Waals surface area (Å²) in [7, 11) is -3.69. The zero-order valence-corrected chi connectivity index (χ0v) is 28.0. The van der Waals surface area contributed by atoms with Crippen molar-refractivity contribution in [3.05, 3.63) is 59.3 Å². The Kier molecular flexibility index (Phi) is 7.72. The van der Waals surface area contributed by atoms with Gasteiger partial charge in [-0.2, -0.15) is 0 Å². The average molecular weight is 672 g/mol. The molecule has 1 fully saturated rings. The van der Waals surface area contributed by atoms with Crippen molar-refractivity contribution in [3.63, 3.8) is 0 Å². The maximum absolute atomic E-state index is 14.1. The maximum atomic E-state index is 14.1. The highest BCUT2D eigenvalue weighted by molar-refractivity contribution is 7.92. The van der Waals surface area contributed by atoms with E-state index in [4.69, 9.17) is 24.9 Å². The first-order valence-corrected chi connectivity index (χ1v) is 18.8. The van der Waals surface area contributed by atoms with E-state index in [1.54, 1.807) is 6.20 Å². The Balaban J connectivity index is 1.31. The molecule has 244 valence electrons. The molecule has 8 rings (SSSR count). The third-order valence-corrected chi connectivity index (χ3v) is 12.9. The minimum atomic E-state index is -3.69. The van der Waals surface area contributed by atoms with E-state index in [-0.39, 0.29) is 40.4 Å². The van der Waals surface area contributed by atoms with Crippen LogP contribution < -0.4 is 11.1 Å². The largest absolute Gasteiger partial charge is 0.403 e. The summed E-state index contributed by atoms with van der Waals surface area (Å²) in [5, 5.41) is 12.9. The van der Waals surface area contributed by atoms with Crippen LogP contribution in [-0.2, 0) is 27.4 Å². The Labute approximate surface area is 277 Å². The molecule has 1 unspecified atom stereocenters. The number of anilines is 2. The van der Waals surface area contributed by atoms with Crippen LogP contribution in [0.4, 0.5) is 11.8 Å². The van der Waals surface area contributed by atoms with Crippen LogP contribution in [0.2, 0.25) is 0 Å². The summed E-state index contributed by atoms with van der Waals surface area (Å²) in [6.07, 6.45) is 8.98. The van der Waals surface area contributed by atoms with E-state index in [0.717, 1.165) is 77.5 Å². The van der Waals surface area contributed by atoms with Crippen LogP contribution in [0, 0.1) is 11.8 Å². The molecule has 0 spiro atoms. The van der Waals surface area contributed by atoms with Crippen molar-refractivity contribution in [2.45, 2.75) is 69.2 Å². The SMILES string of the molecule is CC(C)[C@@H]1CS(=O)(=O)c2c1nc(CCC1CCOCC1)c(-c1nnc(N)o1)c2-c1cc2ccnc(NC3CCc4ncccc43)c2s1. The fraction of sp³-hybridized carbons (Fsp3) is 0.441. The normalized spacial score (nSPS) is 20.6. The van der Waals surface area contributed by atoms with E-state index in [1.165, 1.54) is 16.9 Å². The zero-order valence-electron chi connectivity index (χ0n) is 26.4. The van der Waals surface area contributed by atoms with Gasteiger partial charge in [-0.3, -0.25) is 9.97 Å². The van der Waals surface area contributed by atoms with Gasteiger partial charge in [0.2, 0.25) is 0 Å². The number of hydrogen-bond donors (Lipinski definition) is 2. The lowest BCUT2D eigenvalue weighted by molar-refractivity contribution is 0.0639.